The fourth-order valence-corrected chi connectivity index (χ4v) is 5.61. The molecule has 170 valence electrons. The highest BCUT2D eigenvalue weighted by molar-refractivity contribution is 7.10. The highest BCUT2D eigenvalue weighted by atomic mass is 32.1. The minimum Gasteiger partial charge on any atom is -0.362 e. The molecule has 1 saturated carbocycles. The van der Waals surface area contributed by atoms with Gasteiger partial charge in [-0.15, -0.1) is 11.3 Å². The van der Waals surface area contributed by atoms with Crippen molar-refractivity contribution in [2.24, 2.45) is 5.92 Å². The van der Waals surface area contributed by atoms with Gasteiger partial charge >= 0.3 is 0 Å². The van der Waals surface area contributed by atoms with E-state index in [4.69, 9.17) is 0 Å². The standard InChI is InChI=1S/C23H28N4O4S/c1-16(28)25-10-12-26(13-11-25)19-9-8-18(15-20(19)27(30)31)23(29)24-22(17-5-2-3-6-17)21-7-4-14-32-21/h4,7-9,14-15,17,22H,2-3,5-6,10-13H2,1H3,(H,24,29). The number of nitrogens with one attached hydrogen (secondary N) is 1. The molecule has 2 aromatic rings. The molecule has 1 N–H and O–H groups in total. The fourth-order valence-electron chi connectivity index (χ4n) is 4.75. The smallest absolute Gasteiger partial charge is 0.293 e. The molecule has 1 unspecified atom stereocenters. The maximum absolute atomic E-state index is 13.1. The van der Waals surface area contributed by atoms with E-state index in [-0.39, 0.29) is 23.5 Å². The minimum atomic E-state index is -0.433. The molecule has 2 heterocycles. The van der Waals surface area contributed by atoms with E-state index < -0.39 is 4.92 Å². The van der Waals surface area contributed by atoms with Crippen molar-refractivity contribution in [2.45, 2.75) is 38.6 Å². The quantitative estimate of drug-likeness (QED) is 0.524. The average molecular weight is 457 g/mol. The van der Waals surface area contributed by atoms with Crippen LogP contribution < -0.4 is 10.2 Å². The summed E-state index contributed by atoms with van der Waals surface area (Å²) in [5.41, 5.74) is 0.699. The third-order valence-electron chi connectivity index (χ3n) is 6.51. The van der Waals surface area contributed by atoms with Gasteiger partial charge in [0.15, 0.2) is 0 Å². The summed E-state index contributed by atoms with van der Waals surface area (Å²) in [5.74, 6) is 0.115. The largest absolute Gasteiger partial charge is 0.362 e. The molecule has 4 rings (SSSR count). The van der Waals surface area contributed by atoms with Crippen LogP contribution in [0.3, 0.4) is 0 Å². The van der Waals surface area contributed by atoms with Crippen LogP contribution in [-0.2, 0) is 4.79 Å². The van der Waals surface area contributed by atoms with E-state index in [0.29, 0.717) is 43.3 Å². The Morgan fingerprint density at radius 2 is 1.88 bits per heavy atom. The van der Waals surface area contributed by atoms with Crippen LogP contribution in [0.2, 0.25) is 0 Å². The van der Waals surface area contributed by atoms with Crippen LogP contribution in [0.15, 0.2) is 35.7 Å². The first-order chi connectivity index (χ1) is 15.4. The van der Waals surface area contributed by atoms with Crippen LogP contribution in [0.4, 0.5) is 11.4 Å². The minimum absolute atomic E-state index is 0.00808. The summed E-state index contributed by atoms with van der Waals surface area (Å²) < 4.78 is 0. The fraction of sp³-hybridized carbons (Fsp3) is 0.478. The number of nitrogens with zero attached hydrogens (tertiary/aromatic N) is 3. The molecule has 1 aliphatic heterocycles. The summed E-state index contributed by atoms with van der Waals surface area (Å²) in [5, 5.41) is 17.0. The number of nitro groups is 1. The lowest BCUT2D eigenvalue weighted by molar-refractivity contribution is -0.384. The van der Waals surface area contributed by atoms with Gasteiger partial charge in [-0.3, -0.25) is 19.7 Å². The van der Waals surface area contributed by atoms with Crippen molar-refractivity contribution in [1.29, 1.82) is 0 Å². The van der Waals surface area contributed by atoms with Crippen molar-refractivity contribution in [2.75, 3.05) is 31.1 Å². The molecule has 2 aliphatic rings. The molecule has 0 radical (unpaired) electrons. The Balaban J connectivity index is 1.53. The summed E-state index contributed by atoms with van der Waals surface area (Å²) in [6.45, 7) is 3.62. The van der Waals surface area contributed by atoms with Crippen LogP contribution in [0, 0.1) is 16.0 Å². The molecule has 0 bridgehead atoms. The molecule has 2 amide bonds. The monoisotopic (exact) mass is 456 g/mol. The lowest BCUT2D eigenvalue weighted by atomic mass is 9.96. The van der Waals surface area contributed by atoms with Gasteiger partial charge in [-0.05, 0) is 42.3 Å². The zero-order chi connectivity index (χ0) is 22.7. The van der Waals surface area contributed by atoms with E-state index in [1.54, 1.807) is 28.4 Å². The molecule has 1 aromatic heterocycles. The maximum atomic E-state index is 13.1. The molecule has 2 fully saturated rings. The number of nitro benzene ring substituents is 1. The molecule has 1 aromatic carbocycles. The van der Waals surface area contributed by atoms with Gasteiger partial charge in [0.2, 0.25) is 5.91 Å². The number of amides is 2. The molecule has 0 spiro atoms. The number of rotatable bonds is 6. The van der Waals surface area contributed by atoms with E-state index in [9.17, 15) is 19.7 Å². The Labute approximate surface area is 191 Å². The maximum Gasteiger partial charge on any atom is 0.293 e. The van der Waals surface area contributed by atoms with Crippen LogP contribution in [-0.4, -0.2) is 47.8 Å². The number of benzene rings is 1. The van der Waals surface area contributed by atoms with Gasteiger partial charge in [-0.25, -0.2) is 0 Å². The van der Waals surface area contributed by atoms with Crippen molar-refractivity contribution >= 4 is 34.5 Å². The SMILES string of the molecule is CC(=O)N1CCN(c2ccc(C(=O)NC(c3cccs3)C3CCCC3)cc2[N+](=O)[O-])CC1. The lowest BCUT2D eigenvalue weighted by Crippen LogP contribution is -2.48. The molecule has 9 heteroatoms. The first kappa shape index (κ1) is 22.3. The Bertz CT molecular complexity index is 980. The van der Waals surface area contributed by atoms with Gasteiger partial charge in [0, 0.05) is 49.6 Å². The van der Waals surface area contributed by atoms with E-state index in [2.05, 4.69) is 5.32 Å². The third kappa shape index (κ3) is 4.77. The summed E-state index contributed by atoms with van der Waals surface area (Å²) in [6, 6.07) is 8.66. The lowest BCUT2D eigenvalue weighted by Gasteiger charge is -2.35. The number of carbonyl (C=O) groups excluding carboxylic acids is 2. The van der Waals surface area contributed by atoms with E-state index >= 15 is 0 Å². The topological polar surface area (TPSA) is 95.8 Å². The second-order valence-electron chi connectivity index (χ2n) is 8.46. The number of hydrogen-bond acceptors (Lipinski definition) is 6. The summed E-state index contributed by atoms with van der Waals surface area (Å²) in [4.78, 5) is 40.8. The first-order valence-corrected chi connectivity index (χ1v) is 11.9. The Hall–Kier alpha value is -2.94. The summed E-state index contributed by atoms with van der Waals surface area (Å²) in [7, 11) is 0. The van der Waals surface area contributed by atoms with Crippen LogP contribution >= 0.6 is 11.3 Å². The van der Waals surface area contributed by atoms with Gasteiger partial charge < -0.3 is 15.1 Å². The van der Waals surface area contributed by atoms with Crippen molar-refractivity contribution in [3.63, 3.8) is 0 Å². The van der Waals surface area contributed by atoms with Crippen molar-refractivity contribution in [3.05, 3.63) is 56.3 Å². The molecule has 1 saturated heterocycles. The van der Waals surface area contributed by atoms with Crippen LogP contribution in [0.25, 0.3) is 0 Å². The average Bonchev–Trinajstić information content (AvgIpc) is 3.51. The van der Waals surface area contributed by atoms with Crippen LogP contribution in [0.1, 0.15) is 53.9 Å². The van der Waals surface area contributed by atoms with Gasteiger partial charge in [0.05, 0.1) is 11.0 Å². The molecular formula is C23H28N4O4S. The van der Waals surface area contributed by atoms with Gasteiger partial charge in [-0.2, -0.15) is 0 Å². The second kappa shape index (κ2) is 9.68. The highest BCUT2D eigenvalue weighted by Crippen LogP contribution is 2.38. The summed E-state index contributed by atoms with van der Waals surface area (Å²) >= 11 is 1.63. The number of hydrogen-bond donors (Lipinski definition) is 1. The van der Waals surface area contributed by atoms with Crippen molar-refractivity contribution in [3.8, 4) is 0 Å². The number of piperazine rings is 1. The Morgan fingerprint density at radius 3 is 2.47 bits per heavy atom. The second-order valence-corrected chi connectivity index (χ2v) is 9.44. The normalized spacial score (nSPS) is 17.9. The van der Waals surface area contributed by atoms with Crippen LogP contribution in [0.5, 0.6) is 0 Å². The predicted octanol–water partition coefficient (Wildman–Crippen LogP) is 3.99. The predicted molar refractivity (Wildman–Crippen MR) is 124 cm³/mol. The zero-order valence-corrected chi connectivity index (χ0v) is 19.0. The van der Waals surface area contributed by atoms with Crippen molar-refractivity contribution in [1.82, 2.24) is 10.2 Å². The Kier molecular flexibility index (Phi) is 6.74. The first-order valence-electron chi connectivity index (χ1n) is 11.1. The molecule has 8 nitrogen and oxygen atoms in total. The highest BCUT2D eigenvalue weighted by Gasteiger charge is 2.30. The van der Waals surface area contributed by atoms with E-state index in [1.165, 1.54) is 25.8 Å². The Morgan fingerprint density at radius 1 is 1.16 bits per heavy atom. The number of carbonyl (C=O) groups is 2. The van der Waals surface area contributed by atoms with E-state index in [1.807, 2.05) is 22.4 Å². The van der Waals surface area contributed by atoms with Gasteiger partial charge in [-0.1, -0.05) is 18.9 Å². The third-order valence-corrected chi connectivity index (χ3v) is 7.46. The molecule has 1 atom stereocenters. The molecule has 32 heavy (non-hydrogen) atoms. The number of anilines is 1. The van der Waals surface area contributed by atoms with Gasteiger partial charge in [0.25, 0.3) is 11.6 Å². The van der Waals surface area contributed by atoms with E-state index in [0.717, 1.165) is 17.7 Å². The summed E-state index contributed by atoms with van der Waals surface area (Å²) in [6.07, 6.45) is 4.49. The van der Waals surface area contributed by atoms with Gasteiger partial charge in [0.1, 0.15) is 5.69 Å². The zero-order valence-electron chi connectivity index (χ0n) is 18.2. The molecular weight excluding hydrogens is 428 g/mol. The molecule has 1 aliphatic carbocycles. The number of thiophene rings is 1. The van der Waals surface area contributed by atoms with Crippen molar-refractivity contribution < 1.29 is 14.5 Å².